The lowest BCUT2D eigenvalue weighted by Crippen LogP contribution is -2.24. The second-order valence-electron chi connectivity index (χ2n) is 4.56. The minimum atomic E-state index is -0.0134. The van der Waals surface area contributed by atoms with Crippen LogP contribution in [0.2, 0.25) is 0 Å². The minimum Gasteiger partial charge on any atom is -0.493 e. The number of rotatable bonds is 5. The van der Waals surface area contributed by atoms with Crippen LogP contribution in [0.5, 0.6) is 17.2 Å². The van der Waals surface area contributed by atoms with Gasteiger partial charge in [0, 0.05) is 6.54 Å². The summed E-state index contributed by atoms with van der Waals surface area (Å²) in [5.41, 5.74) is 0.585. The first-order valence-corrected chi connectivity index (χ1v) is 6.51. The fourth-order valence-corrected chi connectivity index (χ4v) is 2.31. The molecule has 0 saturated carbocycles. The van der Waals surface area contributed by atoms with Crippen molar-refractivity contribution in [2.24, 2.45) is 5.92 Å². The Kier molecular flexibility index (Phi) is 6.58. The molecule has 1 unspecified atom stereocenters. The first-order valence-electron chi connectivity index (χ1n) is 6.51. The van der Waals surface area contributed by atoms with Crippen molar-refractivity contribution in [3.8, 4) is 17.2 Å². The monoisotopic (exact) mass is 316 g/mol. The number of anilines is 1. The molecule has 21 heavy (non-hydrogen) atoms. The predicted octanol–water partition coefficient (Wildman–Crippen LogP) is 1.68. The van der Waals surface area contributed by atoms with Crippen LogP contribution in [0.1, 0.15) is 6.42 Å². The van der Waals surface area contributed by atoms with Crippen LogP contribution in [0.15, 0.2) is 12.1 Å². The summed E-state index contributed by atoms with van der Waals surface area (Å²) in [6, 6.07) is 3.49. The van der Waals surface area contributed by atoms with Gasteiger partial charge in [0.15, 0.2) is 11.5 Å². The van der Waals surface area contributed by atoms with Crippen molar-refractivity contribution in [3.05, 3.63) is 12.1 Å². The van der Waals surface area contributed by atoms with E-state index in [4.69, 9.17) is 14.2 Å². The number of amides is 1. The fourth-order valence-electron chi connectivity index (χ4n) is 2.31. The molecule has 1 atom stereocenters. The Hall–Kier alpha value is -1.66. The quantitative estimate of drug-likeness (QED) is 0.865. The van der Waals surface area contributed by atoms with Crippen LogP contribution in [0, 0.1) is 5.92 Å². The summed E-state index contributed by atoms with van der Waals surface area (Å²) in [6.07, 6.45) is 0.849. The van der Waals surface area contributed by atoms with E-state index in [1.807, 2.05) is 0 Å². The predicted molar refractivity (Wildman–Crippen MR) is 83.0 cm³/mol. The maximum Gasteiger partial charge on any atom is 0.228 e. The van der Waals surface area contributed by atoms with Gasteiger partial charge >= 0.3 is 0 Å². The third-order valence-corrected chi connectivity index (χ3v) is 3.39. The van der Waals surface area contributed by atoms with Crippen molar-refractivity contribution in [1.29, 1.82) is 0 Å². The summed E-state index contributed by atoms with van der Waals surface area (Å²) in [4.78, 5) is 12.2. The zero-order valence-corrected chi connectivity index (χ0v) is 13.2. The molecule has 1 aliphatic rings. The third kappa shape index (κ3) is 3.71. The highest BCUT2D eigenvalue weighted by Gasteiger charge is 2.24. The molecule has 1 heterocycles. The molecule has 1 aromatic rings. The highest BCUT2D eigenvalue weighted by molar-refractivity contribution is 5.95. The molecule has 0 aromatic heterocycles. The Balaban J connectivity index is 0.00000220. The van der Waals surface area contributed by atoms with E-state index in [9.17, 15) is 4.79 Å². The fraction of sp³-hybridized carbons (Fsp3) is 0.500. The van der Waals surface area contributed by atoms with E-state index in [0.717, 1.165) is 13.0 Å². The van der Waals surface area contributed by atoms with Gasteiger partial charge in [-0.25, -0.2) is 0 Å². The Morgan fingerprint density at radius 1 is 1.19 bits per heavy atom. The number of ether oxygens (including phenoxy) is 3. The molecule has 2 N–H and O–H groups in total. The molecule has 0 aliphatic carbocycles. The first-order chi connectivity index (χ1) is 9.71. The average Bonchev–Trinajstić information content (AvgIpc) is 3.00. The Bertz CT molecular complexity index is 490. The number of nitrogens with one attached hydrogen (secondary N) is 2. The Labute approximate surface area is 130 Å². The van der Waals surface area contributed by atoms with Crippen molar-refractivity contribution in [3.63, 3.8) is 0 Å². The lowest BCUT2D eigenvalue weighted by Gasteiger charge is -2.17. The molecule has 0 radical (unpaired) electrons. The number of carbonyl (C=O) groups is 1. The van der Waals surface area contributed by atoms with E-state index in [1.54, 1.807) is 19.2 Å². The normalized spacial score (nSPS) is 16.8. The van der Waals surface area contributed by atoms with Crippen molar-refractivity contribution in [2.75, 3.05) is 39.7 Å². The molecule has 6 nitrogen and oxygen atoms in total. The van der Waals surface area contributed by atoms with E-state index >= 15 is 0 Å². The van der Waals surface area contributed by atoms with Crippen LogP contribution in [0.25, 0.3) is 0 Å². The second kappa shape index (κ2) is 7.95. The molecule has 1 aliphatic heterocycles. The van der Waals surface area contributed by atoms with Gasteiger partial charge in [0.05, 0.1) is 32.9 Å². The van der Waals surface area contributed by atoms with E-state index in [0.29, 0.717) is 29.5 Å². The van der Waals surface area contributed by atoms with Crippen molar-refractivity contribution >= 4 is 24.0 Å². The van der Waals surface area contributed by atoms with Crippen LogP contribution in [-0.2, 0) is 4.79 Å². The molecule has 7 heteroatoms. The van der Waals surface area contributed by atoms with E-state index in [2.05, 4.69) is 10.6 Å². The van der Waals surface area contributed by atoms with Crippen LogP contribution in [-0.4, -0.2) is 40.3 Å². The molecule has 118 valence electrons. The van der Waals surface area contributed by atoms with Gasteiger partial charge in [-0.1, -0.05) is 0 Å². The Morgan fingerprint density at radius 3 is 2.43 bits per heavy atom. The molecule has 0 spiro atoms. The van der Waals surface area contributed by atoms with Crippen LogP contribution in [0.4, 0.5) is 5.69 Å². The average molecular weight is 317 g/mol. The van der Waals surface area contributed by atoms with Gasteiger partial charge in [-0.05, 0) is 25.1 Å². The summed E-state index contributed by atoms with van der Waals surface area (Å²) in [6.45, 7) is 1.59. The Morgan fingerprint density at radius 2 is 1.90 bits per heavy atom. The number of carbonyl (C=O) groups excluding carboxylic acids is 1. The number of hydrogen-bond donors (Lipinski definition) is 2. The molecule has 1 fully saturated rings. The molecule has 2 rings (SSSR count). The number of halogens is 1. The van der Waals surface area contributed by atoms with Gasteiger partial charge in [0.2, 0.25) is 11.7 Å². The highest BCUT2D eigenvalue weighted by atomic mass is 35.5. The second-order valence-corrected chi connectivity index (χ2v) is 4.56. The first kappa shape index (κ1) is 17.4. The highest BCUT2D eigenvalue weighted by Crippen LogP contribution is 2.42. The largest absolute Gasteiger partial charge is 0.493 e. The van der Waals surface area contributed by atoms with Gasteiger partial charge in [-0.15, -0.1) is 12.4 Å². The zero-order chi connectivity index (χ0) is 14.5. The maximum absolute atomic E-state index is 12.2. The van der Waals surface area contributed by atoms with E-state index < -0.39 is 0 Å². The van der Waals surface area contributed by atoms with Crippen molar-refractivity contribution in [1.82, 2.24) is 5.32 Å². The van der Waals surface area contributed by atoms with Crippen molar-refractivity contribution in [2.45, 2.75) is 6.42 Å². The standard InChI is InChI=1S/C14H20N2O4.ClH/c1-18-11-5-4-10(12(19-2)13(11)20-3)16-14(17)9-6-7-15-8-9;/h4-5,9,15H,6-8H2,1-3H3,(H,16,17);1H. The third-order valence-electron chi connectivity index (χ3n) is 3.39. The lowest BCUT2D eigenvalue weighted by atomic mass is 10.1. The topological polar surface area (TPSA) is 68.8 Å². The summed E-state index contributed by atoms with van der Waals surface area (Å²) < 4.78 is 15.8. The number of hydrogen-bond acceptors (Lipinski definition) is 5. The molecular weight excluding hydrogens is 296 g/mol. The smallest absolute Gasteiger partial charge is 0.228 e. The number of benzene rings is 1. The molecule has 1 saturated heterocycles. The molecular formula is C14H21ClN2O4. The SMILES string of the molecule is COc1ccc(NC(=O)C2CCNC2)c(OC)c1OC.Cl. The summed E-state index contributed by atoms with van der Waals surface area (Å²) in [7, 11) is 4.62. The summed E-state index contributed by atoms with van der Waals surface area (Å²) in [5, 5.41) is 6.06. The summed E-state index contributed by atoms with van der Waals surface area (Å²) in [5.74, 6) is 1.47. The minimum absolute atomic E-state index is 0. The van der Waals surface area contributed by atoms with Crippen LogP contribution in [0.3, 0.4) is 0 Å². The maximum atomic E-state index is 12.2. The van der Waals surface area contributed by atoms with Crippen LogP contribution < -0.4 is 24.8 Å². The molecule has 0 bridgehead atoms. The zero-order valence-electron chi connectivity index (χ0n) is 12.4. The number of methoxy groups -OCH3 is 3. The van der Waals surface area contributed by atoms with Crippen molar-refractivity contribution < 1.29 is 19.0 Å². The van der Waals surface area contributed by atoms with E-state index in [1.165, 1.54) is 14.2 Å². The summed E-state index contributed by atoms with van der Waals surface area (Å²) >= 11 is 0. The van der Waals surface area contributed by atoms with Gasteiger partial charge in [-0.2, -0.15) is 0 Å². The molecule has 1 aromatic carbocycles. The molecule has 1 amide bonds. The van der Waals surface area contributed by atoms with Gasteiger partial charge in [0.1, 0.15) is 0 Å². The van der Waals surface area contributed by atoms with Gasteiger partial charge in [0.25, 0.3) is 0 Å². The van der Waals surface area contributed by atoms with Gasteiger partial charge < -0.3 is 24.8 Å². The lowest BCUT2D eigenvalue weighted by molar-refractivity contribution is -0.119. The van der Waals surface area contributed by atoms with Gasteiger partial charge in [-0.3, -0.25) is 4.79 Å². The van der Waals surface area contributed by atoms with E-state index in [-0.39, 0.29) is 24.2 Å². The van der Waals surface area contributed by atoms with Crippen LogP contribution >= 0.6 is 12.4 Å².